The standard InChI is InChI=1S/C20H25NO4/c1-23-18(22)19-8-9-20(24-11-12-25-20)13-17(19)7-10-21(15-19)14-16-5-3-2-4-6-16/h2-6,13H,7-12,14-15H2,1H3. The Morgan fingerprint density at radius 1 is 1.20 bits per heavy atom. The van der Waals surface area contributed by atoms with Crippen molar-refractivity contribution >= 4 is 5.97 Å². The van der Waals surface area contributed by atoms with Gasteiger partial charge in [-0.25, -0.2) is 0 Å². The monoisotopic (exact) mass is 343 g/mol. The molecule has 25 heavy (non-hydrogen) atoms. The van der Waals surface area contributed by atoms with Crippen LogP contribution in [0.1, 0.15) is 24.8 Å². The van der Waals surface area contributed by atoms with Gasteiger partial charge in [0.05, 0.1) is 20.3 Å². The predicted molar refractivity (Wildman–Crippen MR) is 92.7 cm³/mol. The van der Waals surface area contributed by atoms with Gasteiger partial charge >= 0.3 is 5.97 Å². The third-order valence-electron chi connectivity index (χ3n) is 5.70. The number of carbonyl (C=O) groups is 1. The summed E-state index contributed by atoms with van der Waals surface area (Å²) in [5, 5.41) is 0. The van der Waals surface area contributed by atoms with Crippen molar-refractivity contribution in [3.63, 3.8) is 0 Å². The van der Waals surface area contributed by atoms with Crippen LogP contribution in [0.5, 0.6) is 0 Å². The molecule has 0 amide bonds. The molecule has 5 heteroatoms. The molecule has 0 radical (unpaired) electrons. The van der Waals surface area contributed by atoms with Gasteiger partial charge in [0, 0.05) is 26.1 Å². The molecule has 0 aromatic heterocycles. The van der Waals surface area contributed by atoms with Crippen LogP contribution in [-0.2, 0) is 25.5 Å². The van der Waals surface area contributed by atoms with Gasteiger partial charge in [0.1, 0.15) is 5.41 Å². The lowest BCUT2D eigenvalue weighted by atomic mass is 9.67. The zero-order chi connectivity index (χ0) is 17.3. The molecular weight excluding hydrogens is 318 g/mol. The lowest BCUT2D eigenvalue weighted by molar-refractivity contribution is -0.163. The predicted octanol–water partition coefficient (Wildman–Crippen LogP) is 2.52. The van der Waals surface area contributed by atoms with E-state index in [1.54, 1.807) is 0 Å². The van der Waals surface area contributed by atoms with Crippen LogP contribution in [0.4, 0.5) is 0 Å². The number of rotatable bonds is 3. The van der Waals surface area contributed by atoms with Gasteiger partial charge in [-0.05, 0) is 30.1 Å². The summed E-state index contributed by atoms with van der Waals surface area (Å²) < 4.78 is 16.9. The fourth-order valence-electron chi connectivity index (χ4n) is 4.42. The van der Waals surface area contributed by atoms with E-state index in [1.165, 1.54) is 12.7 Å². The number of fused-ring (bicyclic) bond motifs is 1. The average molecular weight is 343 g/mol. The number of nitrogens with zero attached hydrogens (tertiary/aromatic N) is 1. The number of ether oxygens (including phenoxy) is 3. The third-order valence-corrected chi connectivity index (χ3v) is 5.70. The van der Waals surface area contributed by atoms with Crippen LogP contribution in [0.25, 0.3) is 0 Å². The van der Waals surface area contributed by atoms with Gasteiger partial charge in [0.25, 0.3) is 0 Å². The first-order valence-electron chi connectivity index (χ1n) is 9.01. The number of hydrogen-bond acceptors (Lipinski definition) is 5. The maximum atomic E-state index is 12.8. The molecule has 2 aliphatic heterocycles. The van der Waals surface area contributed by atoms with Crippen LogP contribution >= 0.6 is 0 Å². The van der Waals surface area contributed by atoms with E-state index in [-0.39, 0.29) is 5.97 Å². The number of carbonyl (C=O) groups excluding carboxylic acids is 1. The number of likely N-dealkylation sites (tertiary alicyclic amines) is 1. The van der Waals surface area contributed by atoms with Crippen molar-refractivity contribution in [1.29, 1.82) is 0 Å². The molecule has 1 aromatic rings. The Bertz CT molecular complexity index is 666. The molecule has 0 saturated carbocycles. The van der Waals surface area contributed by atoms with Crippen molar-refractivity contribution in [3.8, 4) is 0 Å². The summed E-state index contributed by atoms with van der Waals surface area (Å²) in [7, 11) is 1.48. The summed E-state index contributed by atoms with van der Waals surface area (Å²) >= 11 is 0. The van der Waals surface area contributed by atoms with E-state index in [1.807, 2.05) is 6.07 Å². The summed E-state index contributed by atoms with van der Waals surface area (Å²) in [4.78, 5) is 15.1. The summed E-state index contributed by atoms with van der Waals surface area (Å²) in [5.41, 5.74) is 1.82. The van der Waals surface area contributed by atoms with Crippen molar-refractivity contribution in [2.75, 3.05) is 33.4 Å². The second-order valence-electron chi connectivity index (χ2n) is 7.20. The molecule has 1 spiro atoms. The Labute approximate surface area is 148 Å². The first kappa shape index (κ1) is 16.8. The SMILES string of the molecule is COC(=O)C12CCC3(C=C1CCN(Cc1ccccc1)C2)OCCO3. The molecule has 2 saturated heterocycles. The number of esters is 1. The number of benzene rings is 1. The molecule has 0 N–H and O–H groups in total. The molecule has 134 valence electrons. The van der Waals surface area contributed by atoms with Gasteiger partial charge in [-0.1, -0.05) is 30.3 Å². The molecule has 1 aromatic carbocycles. The minimum atomic E-state index is -0.617. The van der Waals surface area contributed by atoms with Gasteiger partial charge in [0.2, 0.25) is 0 Å². The lowest BCUT2D eigenvalue weighted by Gasteiger charge is -2.47. The Kier molecular flexibility index (Phi) is 4.40. The summed E-state index contributed by atoms with van der Waals surface area (Å²) in [5.74, 6) is -0.751. The molecule has 4 rings (SSSR count). The minimum absolute atomic E-state index is 0.135. The highest BCUT2D eigenvalue weighted by molar-refractivity contribution is 5.81. The molecule has 1 atom stereocenters. The zero-order valence-corrected chi connectivity index (χ0v) is 14.7. The number of piperidine rings is 1. The van der Waals surface area contributed by atoms with Crippen LogP contribution in [0, 0.1) is 5.41 Å². The second kappa shape index (κ2) is 6.56. The number of hydrogen-bond donors (Lipinski definition) is 0. The zero-order valence-electron chi connectivity index (χ0n) is 14.7. The van der Waals surface area contributed by atoms with E-state index >= 15 is 0 Å². The highest BCUT2D eigenvalue weighted by Crippen LogP contribution is 2.48. The highest BCUT2D eigenvalue weighted by atomic mass is 16.7. The minimum Gasteiger partial charge on any atom is -0.468 e. The normalized spacial score (nSPS) is 28.4. The van der Waals surface area contributed by atoms with Crippen LogP contribution in [-0.4, -0.2) is 50.1 Å². The summed E-state index contributed by atoms with van der Waals surface area (Å²) in [6.45, 7) is 3.71. The molecule has 1 aliphatic carbocycles. The second-order valence-corrected chi connectivity index (χ2v) is 7.20. The first-order valence-corrected chi connectivity index (χ1v) is 9.01. The van der Waals surface area contributed by atoms with Gasteiger partial charge in [0.15, 0.2) is 5.79 Å². The molecule has 3 aliphatic rings. The Balaban J connectivity index is 1.60. The quantitative estimate of drug-likeness (QED) is 0.623. The summed E-state index contributed by atoms with van der Waals surface area (Å²) in [6.07, 6.45) is 4.32. The maximum absolute atomic E-state index is 12.8. The third kappa shape index (κ3) is 3.01. The van der Waals surface area contributed by atoms with Crippen molar-refractivity contribution < 1.29 is 19.0 Å². The molecule has 2 heterocycles. The van der Waals surface area contributed by atoms with E-state index in [9.17, 15) is 4.79 Å². The van der Waals surface area contributed by atoms with E-state index in [0.29, 0.717) is 32.6 Å². The van der Waals surface area contributed by atoms with Gasteiger partial charge in [-0.3, -0.25) is 9.69 Å². The topological polar surface area (TPSA) is 48.0 Å². The lowest BCUT2D eigenvalue weighted by Crippen LogP contribution is -2.53. The fraction of sp³-hybridized carbons (Fsp3) is 0.550. The Hall–Kier alpha value is -1.69. The number of methoxy groups -OCH3 is 1. The van der Waals surface area contributed by atoms with E-state index in [4.69, 9.17) is 14.2 Å². The molecule has 1 unspecified atom stereocenters. The van der Waals surface area contributed by atoms with E-state index < -0.39 is 11.2 Å². The molecular formula is C20H25NO4. The van der Waals surface area contributed by atoms with Crippen molar-refractivity contribution in [2.24, 2.45) is 5.41 Å². The fourth-order valence-corrected chi connectivity index (χ4v) is 4.42. The Morgan fingerprint density at radius 2 is 1.96 bits per heavy atom. The molecule has 0 bridgehead atoms. The molecule has 2 fully saturated rings. The van der Waals surface area contributed by atoms with E-state index in [2.05, 4.69) is 35.2 Å². The van der Waals surface area contributed by atoms with Crippen LogP contribution in [0.2, 0.25) is 0 Å². The average Bonchev–Trinajstić information content (AvgIpc) is 3.10. The van der Waals surface area contributed by atoms with Crippen molar-refractivity contribution in [1.82, 2.24) is 4.90 Å². The smallest absolute Gasteiger partial charge is 0.317 e. The van der Waals surface area contributed by atoms with Crippen molar-refractivity contribution in [2.45, 2.75) is 31.6 Å². The van der Waals surface area contributed by atoms with E-state index in [0.717, 1.165) is 25.1 Å². The highest BCUT2D eigenvalue weighted by Gasteiger charge is 2.53. The van der Waals surface area contributed by atoms with Crippen molar-refractivity contribution in [3.05, 3.63) is 47.5 Å². The largest absolute Gasteiger partial charge is 0.468 e. The molecule has 5 nitrogen and oxygen atoms in total. The van der Waals surface area contributed by atoms with Crippen LogP contribution in [0.3, 0.4) is 0 Å². The van der Waals surface area contributed by atoms with Crippen LogP contribution < -0.4 is 0 Å². The maximum Gasteiger partial charge on any atom is 0.317 e. The summed E-state index contributed by atoms with van der Waals surface area (Å²) in [6, 6.07) is 10.4. The van der Waals surface area contributed by atoms with Gasteiger partial charge in [-0.2, -0.15) is 0 Å². The van der Waals surface area contributed by atoms with Gasteiger partial charge < -0.3 is 14.2 Å². The first-order chi connectivity index (χ1) is 12.2. The van der Waals surface area contributed by atoms with Gasteiger partial charge in [-0.15, -0.1) is 0 Å². The van der Waals surface area contributed by atoms with Crippen LogP contribution in [0.15, 0.2) is 42.0 Å². The Morgan fingerprint density at radius 3 is 2.68 bits per heavy atom.